The molecule has 122 valence electrons. The van der Waals surface area contributed by atoms with Crippen LogP contribution in [0.4, 0.5) is 0 Å². The number of carbonyl (C=O) groups excluding carboxylic acids is 2. The Bertz CT molecular complexity index is 527. The molecule has 0 aromatic carbocycles. The van der Waals surface area contributed by atoms with Crippen molar-refractivity contribution in [2.24, 2.45) is 11.8 Å². The number of aryl methyl sites for hydroxylation is 1. The van der Waals surface area contributed by atoms with Gasteiger partial charge in [0.15, 0.2) is 0 Å². The molecule has 1 saturated carbocycles. The first kappa shape index (κ1) is 17.0. The highest BCUT2D eigenvalue weighted by Crippen LogP contribution is 2.33. The van der Waals surface area contributed by atoms with Gasteiger partial charge in [-0.25, -0.2) is 9.59 Å². The molecule has 0 N–H and O–H groups in total. The minimum atomic E-state index is -0.469. The average Bonchev–Trinajstić information content (AvgIpc) is 2.96. The van der Waals surface area contributed by atoms with Gasteiger partial charge in [-0.3, -0.25) is 0 Å². The molecule has 1 aromatic rings. The molecule has 1 aliphatic carbocycles. The Balaban J connectivity index is 2.08. The number of carbonyl (C=O) groups is 2. The summed E-state index contributed by atoms with van der Waals surface area (Å²) in [5.41, 5.74) is 1.30. The van der Waals surface area contributed by atoms with E-state index < -0.39 is 11.9 Å². The second-order valence-corrected chi connectivity index (χ2v) is 6.99. The van der Waals surface area contributed by atoms with Crippen LogP contribution in [0.15, 0.2) is 5.38 Å². The van der Waals surface area contributed by atoms with Gasteiger partial charge in [-0.1, -0.05) is 32.6 Å². The molecule has 0 aliphatic heterocycles. The van der Waals surface area contributed by atoms with Gasteiger partial charge in [0.2, 0.25) is 0 Å². The van der Waals surface area contributed by atoms with Crippen molar-refractivity contribution in [3.8, 4) is 0 Å². The van der Waals surface area contributed by atoms with E-state index in [2.05, 4.69) is 6.92 Å². The lowest BCUT2D eigenvalue weighted by molar-refractivity contribution is 0.0559. The van der Waals surface area contributed by atoms with Gasteiger partial charge in [0.25, 0.3) is 0 Å². The first-order valence-corrected chi connectivity index (χ1v) is 8.71. The van der Waals surface area contributed by atoms with Gasteiger partial charge in [0.1, 0.15) is 4.88 Å². The van der Waals surface area contributed by atoms with Gasteiger partial charge < -0.3 is 9.47 Å². The fourth-order valence-corrected chi connectivity index (χ4v) is 4.13. The van der Waals surface area contributed by atoms with Gasteiger partial charge in [0, 0.05) is 0 Å². The van der Waals surface area contributed by atoms with E-state index in [1.54, 1.807) is 0 Å². The van der Waals surface area contributed by atoms with Crippen molar-refractivity contribution in [1.82, 2.24) is 0 Å². The molecular weight excluding hydrogens is 300 g/mol. The van der Waals surface area contributed by atoms with Crippen molar-refractivity contribution in [2.75, 3.05) is 14.2 Å². The lowest BCUT2D eigenvalue weighted by Gasteiger charge is -2.26. The molecule has 4 nitrogen and oxygen atoms in total. The standard InChI is InChI=1S/C17H24O4S/c1-11-4-6-12(7-5-11)8-9-13-10-22-15(17(19)21-3)14(13)16(18)20-2/h10-12H,4-9H2,1-3H3. The van der Waals surface area contributed by atoms with E-state index in [1.165, 1.54) is 51.2 Å². The van der Waals surface area contributed by atoms with Crippen molar-refractivity contribution >= 4 is 23.3 Å². The highest BCUT2D eigenvalue weighted by atomic mass is 32.1. The van der Waals surface area contributed by atoms with Gasteiger partial charge >= 0.3 is 11.9 Å². The molecule has 22 heavy (non-hydrogen) atoms. The van der Waals surface area contributed by atoms with Crippen molar-refractivity contribution in [3.63, 3.8) is 0 Å². The fourth-order valence-electron chi connectivity index (χ4n) is 3.12. The van der Waals surface area contributed by atoms with Crippen LogP contribution in [-0.4, -0.2) is 26.2 Å². The molecule has 1 heterocycles. The summed E-state index contributed by atoms with van der Waals surface area (Å²) in [7, 11) is 2.67. The van der Waals surface area contributed by atoms with Gasteiger partial charge in [0.05, 0.1) is 19.8 Å². The second-order valence-electron chi connectivity index (χ2n) is 6.11. The Morgan fingerprint density at radius 2 is 1.77 bits per heavy atom. The Morgan fingerprint density at radius 1 is 1.14 bits per heavy atom. The van der Waals surface area contributed by atoms with Gasteiger partial charge in [-0.2, -0.15) is 0 Å². The van der Waals surface area contributed by atoms with Crippen LogP contribution in [-0.2, 0) is 15.9 Å². The summed E-state index contributed by atoms with van der Waals surface area (Å²) in [6, 6.07) is 0. The molecule has 0 unspecified atom stereocenters. The largest absolute Gasteiger partial charge is 0.465 e. The van der Waals surface area contributed by atoms with E-state index in [0.717, 1.165) is 30.2 Å². The number of hydrogen-bond donors (Lipinski definition) is 0. The quantitative estimate of drug-likeness (QED) is 0.766. The van der Waals surface area contributed by atoms with Crippen LogP contribution in [0.5, 0.6) is 0 Å². The zero-order chi connectivity index (χ0) is 16.1. The number of thiophene rings is 1. The summed E-state index contributed by atoms with van der Waals surface area (Å²) >= 11 is 1.26. The maximum absolute atomic E-state index is 12.0. The summed E-state index contributed by atoms with van der Waals surface area (Å²) in [6.45, 7) is 2.31. The first-order chi connectivity index (χ1) is 10.6. The molecule has 0 spiro atoms. The van der Waals surface area contributed by atoms with Crippen LogP contribution in [0.3, 0.4) is 0 Å². The van der Waals surface area contributed by atoms with Crippen molar-refractivity contribution in [3.05, 3.63) is 21.4 Å². The van der Waals surface area contributed by atoms with Crippen molar-refractivity contribution in [2.45, 2.75) is 45.4 Å². The summed E-state index contributed by atoms with van der Waals surface area (Å²) < 4.78 is 9.59. The molecule has 1 aromatic heterocycles. The van der Waals surface area contributed by atoms with E-state index in [0.29, 0.717) is 10.4 Å². The van der Waals surface area contributed by atoms with E-state index in [1.807, 2.05) is 5.38 Å². The number of esters is 2. The Morgan fingerprint density at radius 3 is 2.36 bits per heavy atom. The Kier molecular flexibility index (Phi) is 6.00. The normalized spacial score (nSPS) is 21.4. The maximum Gasteiger partial charge on any atom is 0.348 e. The summed E-state index contributed by atoms with van der Waals surface area (Å²) in [4.78, 5) is 24.1. The predicted molar refractivity (Wildman–Crippen MR) is 86.4 cm³/mol. The van der Waals surface area contributed by atoms with E-state index >= 15 is 0 Å². The molecule has 1 aliphatic rings. The van der Waals surface area contributed by atoms with E-state index in [-0.39, 0.29) is 0 Å². The molecule has 0 bridgehead atoms. The summed E-state index contributed by atoms with van der Waals surface area (Å²) in [5, 5.41) is 1.89. The molecule has 0 amide bonds. The number of methoxy groups -OCH3 is 2. The monoisotopic (exact) mass is 324 g/mol. The van der Waals surface area contributed by atoms with Crippen molar-refractivity contribution < 1.29 is 19.1 Å². The Hall–Kier alpha value is -1.36. The third-order valence-electron chi connectivity index (χ3n) is 4.58. The highest BCUT2D eigenvalue weighted by Gasteiger charge is 2.26. The van der Waals surface area contributed by atoms with Crippen LogP contribution in [0.1, 0.15) is 64.6 Å². The van der Waals surface area contributed by atoms with Gasteiger partial charge in [-0.15, -0.1) is 11.3 Å². The van der Waals surface area contributed by atoms with Crippen LogP contribution >= 0.6 is 11.3 Å². The number of hydrogen-bond acceptors (Lipinski definition) is 5. The van der Waals surface area contributed by atoms with Crippen LogP contribution in [0.25, 0.3) is 0 Å². The lowest BCUT2D eigenvalue weighted by Crippen LogP contribution is -2.14. The molecule has 2 rings (SSSR count). The number of rotatable bonds is 5. The second kappa shape index (κ2) is 7.77. The first-order valence-electron chi connectivity index (χ1n) is 7.83. The minimum absolute atomic E-state index is 0.349. The van der Waals surface area contributed by atoms with Crippen molar-refractivity contribution in [1.29, 1.82) is 0 Å². The third kappa shape index (κ3) is 3.88. The van der Waals surface area contributed by atoms with Crippen LogP contribution < -0.4 is 0 Å². The number of ether oxygens (including phenoxy) is 2. The van der Waals surface area contributed by atoms with Crippen LogP contribution in [0.2, 0.25) is 0 Å². The highest BCUT2D eigenvalue weighted by molar-refractivity contribution is 7.12. The van der Waals surface area contributed by atoms with Crippen LogP contribution in [0, 0.1) is 11.8 Å². The van der Waals surface area contributed by atoms with E-state index in [4.69, 9.17) is 9.47 Å². The zero-order valence-corrected chi connectivity index (χ0v) is 14.3. The minimum Gasteiger partial charge on any atom is -0.465 e. The maximum atomic E-state index is 12.0. The third-order valence-corrected chi connectivity index (χ3v) is 5.59. The predicted octanol–water partition coefficient (Wildman–Crippen LogP) is 4.08. The fraction of sp³-hybridized carbons (Fsp3) is 0.647. The SMILES string of the molecule is COC(=O)c1scc(CCC2CCC(C)CC2)c1C(=O)OC. The van der Waals surface area contributed by atoms with Gasteiger partial charge in [-0.05, 0) is 35.6 Å². The lowest BCUT2D eigenvalue weighted by atomic mass is 9.80. The molecular formula is C17H24O4S. The molecule has 0 saturated heterocycles. The average molecular weight is 324 g/mol. The topological polar surface area (TPSA) is 52.6 Å². The Labute approximate surface area is 135 Å². The summed E-state index contributed by atoms with van der Waals surface area (Å²) in [5.74, 6) is 0.647. The smallest absolute Gasteiger partial charge is 0.348 e. The molecule has 5 heteroatoms. The molecule has 0 atom stereocenters. The molecule has 1 fully saturated rings. The molecule has 0 radical (unpaired) electrons. The zero-order valence-electron chi connectivity index (χ0n) is 13.5. The summed E-state index contributed by atoms with van der Waals surface area (Å²) in [6.07, 6.45) is 7.01. The van der Waals surface area contributed by atoms with E-state index in [9.17, 15) is 9.59 Å².